The van der Waals surface area contributed by atoms with E-state index in [-0.39, 0.29) is 0 Å². The fourth-order valence-corrected chi connectivity index (χ4v) is 2.48. The number of nitrogens with two attached hydrogens (primary N) is 1. The maximum absolute atomic E-state index is 5.70. The van der Waals surface area contributed by atoms with E-state index in [9.17, 15) is 0 Å². The molecule has 0 bridgehead atoms. The first-order valence-corrected chi connectivity index (χ1v) is 6.17. The van der Waals surface area contributed by atoms with Crippen LogP contribution in [0, 0.1) is 0 Å². The molecule has 1 aliphatic heterocycles. The van der Waals surface area contributed by atoms with Crippen LogP contribution < -0.4 is 5.73 Å². The number of pyridine rings is 1. The highest BCUT2D eigenvalue weighted by Gasteiger charge is 2.27. The lowest BCUT2D eigenvalue weighted by Crippen LogP contribution is -2.36. The maximum Gasteiger partial charge on any atom is 0.0703 e. The fourth-order valence-electron chi connectivity index (χ4n) is 2.48. The highest BCUT2D eigenvalue weighted by Crippen LogP contribution is 2.20. The van der Waals surface area contributed by atoms with Crippen molar-refractivity contribution in [2.75, 3.05) is 13.7 Å². The molecule has 2 heterocycles. The number of aromatic nitrogens is 1. The lowest BCUT2D eigenvalue weighted by molar-refractivity contribution is 0.0813. The minimum Gasteiger partial charge on any atom is -0.377 e. The third kappa shape index (κ3) is 2.83. The summed E-state index contributed by atoms with van der Waals surface area (Å²) in [5.41, 5.74) is 7.91. The summed E-state index contributed by atoms with van der Waals surface area (Å²) in [5, 5.41) is 0. The second-order valence-electron chi connectivity index (χ2n) is 4.66. The zero-order valence-corrected chi connectivity index (χ0v) is 10.6. The Labute approximate surface area is 103 Å². The Morgan fingerprint density at radius 1 is 1.59 bits per heavy atom. The van der Waals surface area contributed by atoms with Crippen LogP contribution in [0.1, 0.15) is 24.6 Å². The molecule has 1 aliphatic rings. The van der Waals surface area contributed by atoms with Gasteiger partial charge >= 0.3 is 0 Å². The molecule has 2 atom stereocenters. The van der Waals surface area contributed by atoms with Gasteiger partial charge in [0.1, 0.15) is 0 Å². The quantitative estimate of drug-likeness (QED) is 0.850. The molecule has 2 rings (SSSR count). The minimum absolute atomic E-state index is 0.318. The van der Waals surface area contributed by atoms with Gasteiger partial charge in [-0.2, -0.15) is 0 Å². The SMILES string of the molecule is CC1OCCC1N(C)Cc1cccnc1CN. The van der Waals surface area contributed by atoms with E-state index in [0.29, 0.717) is 18.7 Å². The number of hydrogen-bond donors (Lipinski definition) is 1. The molecule has 4 heteroatoms. The Morgan fingerprint density at radius 2 is 2.41 bits per heavy atom. The minimum atomic E-state index is 0.318. The van der Waals surface area contributed by atoms with Gasteiger partial charge in [0.25, 0.3) is 0 Å². The van der Waals surface area contributed by atoms with Crippen LogP contribution in [0.5, 0.6) is 0 Å². The third-order valence-corrected chi connectivity index (χ3v) is 3.50. The van der Waals surface area contributed by atoms with Gasteiger partial charge in [-0.3, -0.25) is 9.88 Å². The van der Waals surface area contributed by atoms with Crippen molar-refractivity contribution in [2.45, 2.75) is 38.6 Å². The molecule has 0 aromatic carbocycles. The standard InChI is InChI=1S/C13H21N3O/c1-10-13(5-7-17-10)16(2)9-11-4-3-6-15-12(11)8-14/h3-4,6,10,13H,5,7-9,14H2,1-2H3. The van der Waals surface area contributed by atoms with Crippen LogP contribution in [0.25, 0.3) is 0 Å². The second-order valence-corrected chi connectivity index (χ2v) is 4.66. The van der Waals surface area contributed by atoms with E-state index in [4.69, 9.17) is 10.5 Å². The summed E-state index contributed by atoms with van der Waals surface area (Å²) in [6.45, 7) is 4.40. The van der Waals surface area contributed by atoms with Crippen LogP contribution in [0.2, 0.25) is 0 Å². The first kappa shape index (κ1) is 12.5. The Hall–Kier alpha value is -0.970. The van der Waals surface area contributed by atoms with Crippen molar-refractivity contribution in [3.63, 3.8) is 0 Å². The van der Waals surface area contributed by atoms with E-state index in [1.54, 1.807) is 6.20 Å². The van der Waals surface area contributed by atoms with Crippen LogP contribution in [0.3, 0.4) is 0 Å². The summed E-state index contributed by atoms with van der Waals surface area (Å²) < 4.78 is 5.60. The molecule has 0 saturated carbocycles. The van der Waals surface area contributed by atoms with Gasteiger partial charge in [0, 0.05) is 31.9 Å². The molecule has 0 radical (unpaired) electrons. The number of likely N-dealkylation sites (N-methyl/N-ethyl adjacent to an activating group) is 1. The zero-order valence-electron chi connectivity index (χ0n) is 10.6. The van der Waals surface area contributed by atoms with Crippen LogP contribution in [-0.2, 0) is 17.8 Å². The molecule has 1 fully saturated rings. The van der Waals surface area contributed by atoms with Gasteiger partial charge in [0.15, 0.2) is 0 Å². The summed E-state index contributed by atoms with van der Waals surface area (Å²) >= 11 is 0. The molecular weight excluding hydrogens is 214 g/mol. The summed E-state index contributed by atoms with van der Waals surface area (Å²) in [4.78, 5) is 6.65. The van der Waals surface area contributed by atoms with E-state index in [0.717, 1.165) is 25.3 Å². The second kappa shape index (κ2) is 5.58. The average molecular weight is 235 g/mol. The number of rotatable bonds is 4. The monoisotopic (exact) mass is 235 g/mol. The average Bonchev–Trinajstić information content (AvgIpc) is 2.76. The van der Waals surface area contributed by atoms with E-state index in [1.807, 2.05) is 6.07 Å². The Bertz CT molecular complexity index is 369. The van der Waals surface area contributed by atoms with Crippen LogP contribution in [0.4, 0.5) is 0 Å². The summed E-state index contributed by atoms with van der Waals surface area (Å²) in [6, 6.07) is 4.57. The first-order chi connectivity index (χ1) is 8.22. The van der Waals surface area contributed by atoms with Gasteiger partial charge in [0.05, 0.1) is 11.8 Å². The molecule has 94 valence electrons. The van der Waals surface area contributed by atoms with Crippen LogP contribution in [-0.4, -0.2) is 35.7 Å². The lowest BCUT2D eigenvalue weighted by Gasteiger charge is -2.27. The highest BCUT2D eigenvalue weighted by atomic mass is 16.5. The van der Waals surface area contributed by atoms with E-state index in [1.165, 1.54) is 5.56 Å². The van der Waals surface area contributed by atoms with Gasteiger partial charge in [-0.05, 0) is 32.0 Å². The third-order valence-electron chi connectivity index (χ3n) is 3.50. The topological polar surface area (TPSA) is 51.4 Å². The van der Waals surface area contributed by atoms with Crippen LogP contribution in [0.15, 0.2) is 18.3 Å². The first-order valence-electron chi connectivity index (χ1n) is 6.17. The van der Waals surface area contributed by atoms with Gasteiger partial charge in [-0.15, -0.1) is 0 Å². The summed E-state index contributed by atoms with van der Waals surface area (Å²) in [6.07, 6.45) is 3.22. The molecule has 1 aromatic rings. The highest BCUT2D eigenvalue weighted by molar-refractivity contribution is 5.19. The van der Waals surface area contributed by atoms with E-state index >= 15 is 0 Å². The Morgan fingerprint density at radius 3 is 3.06 bits per heavy atom. The molecule has 2 unspecified atom stereocenters. The predicted octanol–water partition coefficient (Wildman–Crippen LogP) is 1.15. The van der Waals surface area contributed by atoms with Crippen molar-refractivity contribution >= 4 is 0 Å². The number of ether oxygens (including phenoxy) is 1. The molecular formula is C13H21N3O. The van der Waals surface area contributed by atoms with Gasteiger partial charge in [-0.1, -0.05) is 6.07 Å². The van der Waals surface area contributed by atoms with Crippen molar-refractivity contribution in [2.24, 2.45) is 5.73 Å². The van der Waals surface area contributed by atoms with Crippen molar-refractivity contribution in [1.82, 2.24) is 9.88 Å². The van der Waals surface area contributed by atoms with E-state index < -0.39 is 0 Å². The van der Waals surface area contributed by atoms with Gasteiger partial charge < -0.3 is 10.5 Å². The largest absolute Gasteiger partial charge is 0.377 e. The molecule has 1 aromatic heterocycles. The lowest BCUT2D eigenvalue weighted by atomic mass is 10.1. The van der Waals surface area contributed by atoms with Gasteiger partial charge in [-0.25, -0.2) is 0 Å². The van der Waals surface area contributed by atoms with Crippen molar-refractivity contribution in [3.05, 3.63) is 29.6 Å². The summed E-state index contributed by atoms with van der Waals surface area (Å²) in [5.74, 6) is 0. The van der Waals surface area contributed by atoms with Crippen molar-refractivity contribution in [3.8, 4) is 0 Å². The maximum atomic E-state index is 5.70. The molecule has 0 amide bonds. The molecule has 0 aliphatic carbocycles. The number of hydrogen-bond acceptors (Lipinski definition) is 4. The van der Waals surface area contributed by atoms with Crippen LogP contribution >= 0.6 is 0 Å². The summed E-state index contributed by atoms with van der Waals surface area (Å²) in [7, 11) is 2.14. The molecule has 2 N–H and O–H groups in total. The number of nitrogens with zero attached hydrogens (tertiary/aromatic N) is 2. The smallest absolute Gasteiger partial charge is 0.0703 e. The normalized spacial score (nSPS) is 24.5. The predicted molar refractivity (Wildman–Crippen MR) is 67.4 cm³/mol. The molecule has 1 saturated heterocycles. The molecule has 17 heavy (non-hydrogen) atoms. The van der Waals surface area contributed by atoms with Crippen molar-refractivity contribution in [1.29, 1.82) is 0 Å². The fraction of sp³-hybridized carbons (Fsp3) is 0.615. The molecule has 4 nitrogen and oxygen atoms in total. The Kier molecular flexibility index (Phi) is 4.10. The van der Waals surface area contributed by atoms with E-state index in [2.05, 4.69) is 29.9 Å². The zero-order chi connectivity index (χ0) is 12.3. The van der Waals surface area contributed by atoms with Gasteiger partial charge in [0.2, 0.25) is 0 Å². The Balaban J connectivity index is 2.04. The van der Waals surface area contributed by atoms with Crippen molar-refractivity contribution < 1.29 is 4.74 Å². The molecule has 0 spiro atoms.